The number of rotatable bonds is 4. The molecule has 1 aromatic carbocycles. The number of nitrogens with one attached hydrogen (secondary N) is 1. The van der Waals surface area contributed by atoms with E-state index >= 15 is 0 Å². The highest BCUT2D eigenvalue weighted by Gasteiger charge is 2.32. The van der Waals surface area contributed by atoms with Gasteiger partial charge >= 0.3 is 0 Å². The molecular formula is C24H31Cl2N7O. The summed E-state index contributed by atoms with van der Waals surface area (Å²) in [6.45, 7) is 7.35. The number of carbonyl (C=O) groups is 1. The van der Waals surface area contributed by atoms with Crippen molar-refractivity contribution in [3.05, 3.63) is 39.8 Å². The van der Waals surface area contributed by atoms with E-state index in [4.69, 9.17) is 23.2 Å². The van der Waals surface area contributed by atoms with Crippen LogP contribution in [0.4, 0.5) is 17.2 Å². The van der Waals surface area contributed by atoms with Crippen molar-refractivity contribution in [2.45, 2.75) is 25.3 Å². The molecule has 10 heteroatoms. The Labute approximate surface area is 210 Å². The van der Waals surface area contributed by atoms with Crippen LogP contribution in [-0.2, 0) is 6.42 Å². The van der Waals surface area contributed by atoms with Crippen molar-refractivity contribution in [2.24, 2.45) is 0 Å². The van der Waals surface area contributed by atoms with Crippen molar-refractivity contribution in [3.63, 3.8) is 0 Å². The minimum absolute atomic E-state index is 0.00852. The van der Waals surface area contributed by atoms with Gasteiger partial charge in [0.15, 0.2) is 5.82 Å². The molecule has 0 unspecified atom stereocenters. The Balaban J connectivity index is 1.39. The number of halogens is 2. The second-order valence-electron chi connectivity index (χ2n) is 9.48. The number of amides is 1. The van der Waals surface area contributed by atoms with Crippen LogP contribution >= 0.6 is 23.2 Å². The van der Waals surface area contributed by atoms with Crippen LogP contribution < -0.4 is 10.2 Å². The van der Waals surface area contributed by atoms with E-state index < -0.39 is 0 Å². The maximum atomic E-state index is 13.3. The maximum Gasteiger partial charge on any atom is 0.256 e. The van der Waals surface area contributed by atoms with Crippen LogP contribution in [0.3, 0.4) is 0 Å². The lowest BCUT2D eigenvalue weighted by Crippen LogP contribution is -2.52. The normalized spacial score (nSPS) is 20.5. The number of piperazine rings is 1. The van der Waals surface area contributed by atoms with Gasteiger partial charge in [0.2, 0.25) is 5.28 Å². The number of hydrogen-bond donors (Lipinski definition) is 1. The van der Waals surface area contributed by atoms with Crippen LogP contribution in [0.25, 0.3) is 0 Å². The summed E-state index contributed by atoms with van der Waals surface area (Å²) in [5, 5.41) is 3.68. The van der Waals surface area contributed by atoms with Crippen LogP contribution in [0.15, 0.2) is 18.3 Å². The molecule has 0 bridgehead atoms. The lowest BCUT2D eigenvalue weighted by atomic mass is 9.93. The van der Waals surface area contributed by atoms with Gasteiger partial charge in [-0.05, 0) is 55.6 Å². The van der Waals surface area contributed by atoms with Crippen molar-refractivity contribution < 1.29 is 4.79 Å². The van der Waals surface area contributed by atoms with Gasteiger partial charge in [-0.25, -0.2) is 4.98 Å². The van der Waals surface area contributed by atoms with Crippen LogP contribution in [0, 0.1) is 0 Å². The van der Waals surface area contributed by atoms with E-state index in [2.05, 4.69) is 43.1 Å². The highest BCUT2D eigenvalue weighted by Crippen LogP contribution is 2.37. The Kier molecular flexibility index (Phi) is 6.84. The summed E-state index contributed by atoms with van der Waals surface area (Å²) in [5.41, 5.74) is 3.66. The number of nitrogens with zero attached hydrogens (tertiary/aromatic N) is 6. The molecular weight excluding hydrogens is 473 g/mol. The minimum Gasteiger partial charge on any atom is -0.371 e. The van der Waals surface area contributed by atoms with Gasteiger partial charge in [-0.3, -0.25) is 9.69 Å². The minimum atomic E-state index is 0.00852. The van der Waals surface area contributed by atoms with E-state index in [1.54, 1.807) is 4.90 Å². The number of likely N-dealkylation sites (N-methyl/N-ethyl adjacent to an activating group) is 2. The summed E-state index contributed by atoms with van der Waals surface area (Å²) in [7, 11) is 4.05. The van der Waals surface area contributed by atoms with Crippen molar-refractivity contribution in [2.75, 3.05) is 70.1 Å². The van der Waals surface area contributed by atoms with Gasteiger partial charge in [0.25, 0.3) is 5.91 Å². The average molecular weight is 504 g/mol. The number of carbonyl (C=O) groups excluding carboxylic acids is 1. The van der Waals surface area contributed by atoms with E-state index in [0.29, 0.717) is 34.7 Å². The number of piperidine rings is 1. The zero-order chi connectivity index (χ0) is 23.8. The second kappa shape index (κ2) is 9.85. The Morgan fingerprint density at radius 2 is 1.74 bits per heavy atom. The van der Waals surface area contributed by atoms with Crippen molar-refractivity contribution in [1.82, 2.24) is 24.7 Å². The molecule has 3 aliphatic rings. The second-order valence-corrected chi connectivity index (χ2v) is 10.2. The topological polar surface area (TPSA) is 67.8 Å². The summed E-state index contributed by atoms with van der Waals surface area (Å²) in [6.07, 6.45) is 4.58. The third kappa shape index (κ3) is 4.69. The standard InChI is InChI=1S/C24H31Cl2N7O/c1-30-11-13-32(14-12-30)16-5-9-33(10-6-16)20-4-3-19(21-17(20)7-8-31(2)23(21)34)28-22-18(25)15-27-24(26)29-22/h3-4,15-16H,5-14H2,1-2H3,(H,27,28,29). The summed E-state index contributed by atoms with van der Waals surface area (Å²) in [4.78, 5) is 30.7. The van der Waals surface area contributed by atoms with E-state index in [0.717, 1.165) is 64.1 Å². The van der Waals surface area contributed by atoms with Gasteiger partial charge in [0.05, 0.1) is 17.4 Å². The quantitative estimate of drug-likeness (QED) is 0.641. The Morgan fingerprint density at radius 3 is 2.47 bits per heavy atom. The number of anilines is 3. The molecule has 182 valence electrons. The first-order valence-corrected chi connectivity index (χ1v) is 12.7. The average Bonchev–Trinajstić information content (AvgIpc) is 2.84. The molecule has 0 atom stereocenters. The molecule has 3 aliphatic heterocycles. The highest BCUT2D eigenvalue weighted by molar-refractivity contribution is 6.33. The Bertz CT molecular complexity index is 1070. The zero-order valence-electron chi connectivity index (χ0n) is 19.7. The molecule has 2 fully saturated rings. The molecule has 0 spiro atoms. The van der Waals surface area contributed by atoms with Crippen molar-refractivity contribution in [3.8, 4) is 0 Å². The smallest absolute Gasteiger partial charge is 0.256 e. The van der Waals surface area contributed by atoms with Gasteiger partial charge in [0, 0.05) is 64.6 Å². The van der Waals surface area contributed by atoms with Crippen LogP contribution in [0.2, 0.25) is 10.3 Å². The summed E-state index contributed by atoms with van der Waals surface area (Å²) < 4.78 is 0. The van der Waals surface area contributed by atoms with E-state index in [1.165, 1.54) is 11.9 Å². The maximum absolute atomic E-state index is 13.3. The molecule has 8 nitrogen and oxygen atoms in total. The number of fused-ring (bicyclic) bond motifs is 1. The number of aromatic nitrogens is 2. The summed E-state index contributed by atoms with van der Waals surface area (Å²) >= 11 is 12.2. The molecule has 0 radical (unpaired) electrons. The van der Waals surface area contributed by atoms with Crippen LogP contribution in [-0.4, -0.2) is 96.5 Å². The van der Waals surface area contributed by atoms with E-state index in [1.807, 2.05) is 13.1 Å². The molecule has 0 aliphatic carbocycles. The SMILES string of the molecule is CN1CCN(C2CCN(c3ccc(Nc4nc(Cl)ncc4Cl)c4c3CCN(C)C4=O)CC2)CC1. The first kappa shape index (κ1) is 23.6. The predicted octanol–water partition coefficient (Wildman–Crippen LogP) is 3.37. The van der Waals surface area contributed by atoms with Gasteiger partial charge in [-0.1, -0.05) is 11.6 Å². The molecule has 4 heterocycles. The monoisotopic (exact) mass is 503 g/mol. The summed E-state index contributed by atoms with van der Waals surface area (Å²) in [6, 6.07) is 4.75. The number of benzene rings is 1. The lowest BCUT2D eigenvalue weighted by Gasteiger charge is -2.43. The largest absolute Gasteiger partial charge is 0.371 e. The molecule has 1 aromatic heterocycles. The lowest BCUT2D eigenvalue weighted by molar-refractivity contribution is 0.0782. The third-order valence-corrected chi connectivity index (χ3v) is 7.83. The fourth-order valence-electron chi connectivity index (χ4n) is 5.33. The molecule has 2 saturated heterocycles. The first-order chi connectivity index (χ1) is 16.4. The number of hydrogen-bond acceptors (Lipinski definition) is 7. The van der Waals surface area contributed by atoms with Crippen molar-refractivity contribution >= 4 is 46.3 Å². The van der Waals surface area contributed by atoms with E-state index in [-0.39, 0.29) is 11.2 Å². The van der Waals surface area contributed by atoms with E-state index in [9.17, 15) is 4.79 Å². The Hall–Kier alpha value is -2.13. The van der Waals surface area contributed by atoms with Gasteiger partial charge in [0.1, 0.15) is 5.02 Å². The first-order valence-electron chi connectivity index (χ1n) is 11.9. The fourth-order valence-corrected chi connectivity index (χ4v) is 5.60. The molecule has 1 N–H and O–H groups in total. The van der Waals surface area contributed by atoms with Crippen molar-refractivity contribution in [1.29, 1.82) is 0 Å². The summed E-state index contributed by atoms with van der Waals surface area (Å²) in [5.74, 6) is 0.403. The fraction of sp³-hybridized carbons (Fsp3) is 0.542. The van der Waals surface area contributed by atoms with Crippen LogP contribution in [0.5, 0.6) is 0 Å². The highest BCUT2D eigenvalue weighted by atomic mass is 35.5. The molecule has 2 aromatic rings. The predicted molar refractivity (Wildman–Crippen MR) is 137 cm³/mol. The molecule has 1 amide bonds. The Morgan fingerprint density at radius 1 is 1.00 bits per heavy atom. The molecule has 0 saturated carbocycles. The van der Waals surface area contributed by atoms with Gasteiger partial charge in [-0.2, -0.15) is 4.98 Å². The molecule has 34 heavy (non-hydrogen) atoms. The third-order valence-electron chi connectivity index (χ3n) is 7.37. The molecule has 5 rings (SSSR count). The van der Waals surface area contributed by atoms with Gasteiger partial charge in [-0.15, -0.1) is 0 Å². The van der Waals surface area contributed by atoms with Crippen LogP contribution in [0.1, 0.15) is 28.8 Å². The van der Waals surface area contributed by atoms with Gasteiger partial charge < -0.3 is 20.0 Å². The zero-order valence-corrected chi connectivity index (χ0v) is 21.2.